The molecule has 1 N–H and O–H groups in total. The van der Waals surface area contributed by atoms with Crippen LogP contribution in [0.5, 0.6) is 5.75 Å². The summed E-state index contributed by atoms with van der Waals surface area (Å²) in [6.45, 7) is 0. The molecule has 0 fully saturated rings. The maximum atomic E-state index is 12.0. The number of ether oxygens (including phenoxy) is 1. The van der Waals surface area contributed by atoms with Gasteiger partial charge < -0.3 is 10.1 Å². The van der Waals surface area contributed by atoms with Gasteiger partial charge in [0.25, 0.3) is 0 Å². The molecule has 28 heavy (non-hydrogen) atoms. The van der Waals surface area contributed by atoms with E-state index in [0.717, 1.165) is 11.1 Å². The average molecular weight is 369 g/mol. The fraction of sp³-hybridized carbons (Fsp3) is 0. The first kappa shape index (κ1) is 18.9. The highest BCUT2D eigenvalue weighted by Crippen LogP contribution is 2.16. The summed E-state index contributed by atoms with van der Waals surface area (Å²) in [7, 11) is 0. The third kappa shape index (κ3) is 6.11. The fourth-order valence-electron chi connectivity index (χ4n) is 2.40. The van der Waals surface area contributed by atoms with Crippen molar-refractivity contribution in [2.45, 2.75) is 0 Å². The molecule has 0 saturated carbocycles. The Morgan fingerprint density at radius 3 is 1.79 bits per heavy atom. The van der Waals surface area contributed by atoms with Gasteiger partial charge >= 0.3 is 5.97 Å². The van der Waals surface area contributed by atoms with Crippen LogP contribution >= 0.6 is 0 Å². The van der Waals surface area contributed by atoms with Gasteiger partial charge in [-0.05, 0) is 47.5 Å². The van der Waals surface area contributed by atoms with Crippen molar-refractivity contribution < 1.29 is 14.3 Å². The SMILES string of the molecule is O=C(/C=C/c1ccccc1)Nc1ccc(OC(=O)/C=C/c2ccccc2)cc1. The normalized spacial score (nSPS) is 10.9. The Labute approximate surface area is 163 Å². The van der Waals surface area contributed by atoms with Gasteiger partial charge in [0.2, 0.25) is 5.91 Å². The fourth-order valence-corrected chi connectivity index (χ4v) is 2.40. The molecule has 0 aromatic heterocycles. The molecular formula is C24H19NO3. The molecule has 0 heterocycles. The van der Waals surface area contributed by atoms with Crippen molar-refractivity contribution in [2.75, 3.05) is 5.32 Å². The zero-order valence-electron chi connectivity index (χ0n) is 15.1. The summed E-state index contributed by atoms with van der Waals surface area (Å²) in [5, 5.41) is 2.76. The van der Waals surface area contributed by atoms with E-state index in [1.807, 2.05) is 60.7 Å². The second-order valence-corrected chi connectivity index (χ2v) is 5.92. The lowest BCUT2D eigenvalue weighted by Gasteiger charge is -2.05. The predicted molar refractivity (Wildman–Crippen MR) is 112 cm³/mol. The molecule has 0 aliphatic rings. The van der Waals surface area contributed by atoms with Crippen LogP contribution in [0, 0.1) is 0 Å². The average Bonchev–Trinajstić information content (AvgIpc) is 2.74. The molecule has 1 amide bonds. The largest absolute Gasteiger partial charge is 0.423 e. The van der Waals surface area contributed by atoms with Gasteiger partial charge in [0.05, 0.1) is 0 Å². The highest BCUT2D eigenvalue weighted by Gasteiger charge is 2.02. The predicted octanol–water partition coefficient (Wildman–Crippen LogP) is 4.96. The molecule has 3 aromatic carbocycles. The minimum Gasteiger partial charge on any atom is -0.423 e. The molecule has 0 radical (unpaired) electrons. The number of hydrogen-bond donors (Lipinski definition) is 1. The molecule has 138 valence electrons. The van der Waals surface area contributed by atoms with Crippen LogP contribution in [0.1, 0.15) is 11.1 Å². The van der Waals surface area contributed by atoms with E-state index in [1.165, 1.54) is 12.2 Å². The summed E-state index contributed by atoms with van der Waals surface area (Å²) in [6, 6.07) is 25.7. The number of esters is 1. The molecule has 0 bridgehead atoms. The molecular weight excluding hydrogens is 350 g/mol. The Morgan fingerprint density at radius 1 is 0.679 bits per heavy atom. The topological polar surface area (TPSA) is 55.4 Å². The number of hydrogen-bond acceptors (Lipinski definition) is 3. The van der Waals surface area contributed by atoms with Gasteiger partial charge in [0, 0.05) is 17.8 Å². The highest BCUT2D eigenvalue weighted by molar-refractivity contribution is 6.02. The standard InChI is InChI=1S/C24H19NO3/c26-23(17-11-19-7-3-1-4-8-19)25-21-13-15-22(16-14-21)28-24(27)18-12-20-9-5-2-6-10-20/h1-18H,(H,25,26)/b17-11+,18-12+. The van der Waals surface area contributed by atoms with Crippen LogP contribution in [0.25, 0.3) is 12.2 Å². The first-order chi connectivity index (χ1) is 13.7. The minimum atomic E-state index is -0.466. The first-order valence-corrected chi connectivity index (χ1v) is 8.78. The van der Waals surface area contributed by atoms with Gasteiger partial charge in [-0.3, -0.25) is 4.79 Å². The van der Waals surface area contributed by atoms with Crippen LogP contribution in [0.2, 0.25) is 0 Å². The Balaban J connectivity index is 1.51. The van der Waals surface area contributed by atoms with E-state index in [-0.39, 0.29) is 5.91 Å². The minimum absolute atomic E-state index is 0.237. The van der Waals surface area contributed by atoms with Crippen LogP contribution in [0.3, 0.4) is 0 Å². The number of nitrogens with one attached hydrogen (secondary N) is 1. The van der Waals surface area contributed by atoms with E-state index < -0.39 is 5.97 Å². The second kappa shape index (κ2) is 9.69. The third-order valence-electron chi connectivity index (χ3n) is 3.78. The lowest BCUT2D eigenvalue weighted by molar-refractivity contribution is -0.128. The zero-order chi connectivity index (χ0) is 19.6. The molecule has 0 aliphatic carbocycles. The zero-order valence-corrected chi connectivity index (χ0v) is 15.1. The maximum Gasteiger partial charge on any atom is 0.336 e. The Kier molecular flexibility index (Phi) is 6.53. The van der Waals surface area contributed by atoms with Gasteiger partial charge in [-0.25, -0.2) is 4.79 Å². The van der Waals surface area contributed by atoms with Crippen molar-refractivity contribution in [3.63, 3.8) is 0 Å². The number of carbonyl (C=O) groups is 2. The van der Waals surface area contributed by atoms with Crippen molar-refractivity contribution in [1.82, 2.24) is 0 Å². The number of carbonyl (C=O) groups excluding carboxylic acids is 2. The van der Waals surface area contributed by atoms with E-state index in [2.05, 4.69) is 5.32 Å². The molecule has 0 atom stereocenters. The van der Waals surface area contributed by atoms with Crippen molar-refractivity contribution in [2.24, 2.45) is 0 Å². The quantitative estimate of drug-likeness (QED) is 0.380. The summed E-state index contributed by atoms with van der Waals surface area (Å²) in [6.07, 6.45) is 6.28. The summed E-state index contributed by atoms with van der Waals surface area (Å²) < 4.78 is 5.25. The summed E-state index contributed by atoms with van der Waals surface area (Å²) in [4.78, 5) is 23.9. The number of rotatable bonds is 6. The molecule has 3 aromatic rings. The van der Waals surface area contributed by atoms with Crippen molar-refractivity contribution >= 4 is 29.7 Å². The van der Waals surface area contributed by atoms with E-state index in [1.54, 1.807) is 36.4 Å². The monoisotopic (exact) mass is 369 g/mol. The lowest BCUT2D eigenvalue weighted by atomic mass is 10.2. The number of amides is 1. The van der Waals surface area contributed by atoms with E-state index in [9.17, 15) is 9.59 Å². The van der Waals surface area contributed by atoms with Gasteiger partial charge in [-0.1, -0.05) is 60.7 Å². The van der Waals surface area contributed by atoms with Crippen LogP contribution in [0.4, 0.5) is 5.69 Å². The van der Waals surface area contributed by atoms with Crippen LogP contribution in [-0.2, 0) is 9.59 Å². The van der Waals surface area contributed by atoms with Crippen LogP contribution in [0.15, 0.2) is 97.1 Å². The highest BCUT2D eigenvalue weighted by atomic mass is 16.5. The third-order valence-corrected chi connectivity index (χ3v) is 3.78. The molecule has 0 unspecified atom stereocenters. The summed E-state index contributed by atoms with van der Waals surface area (Å²) >= 11 is 0. The van der Waals surface area contributed by atoms with Crippen molar-refractivity contribution in [1.29, 1.82) is 0 Å². The Morgan fingerprint density at radius 2 is 1.21 bits per heavy atom. The van der Waals surface area contributed by atoms with Crippen LogP contribution in [-0.4, -0.2) is 11.9 Å². The van der Waals surface area contributed by atoms with Crippen molar-refractivity contribution in [3.8, 4) is 5.75 Å². The molecule has 3 rings (SSSR count). The second-order valence-electron chi connectivity index (χ2n) is 5.92. The first-order valence-electron chi connectivity index (χ1n) is 8.78. The van der Waals surface area contributed by atoms with E-state index in [0.29, 0.717) is 11.4 Å². The van der Waals surface area contributed by atoms with E-state index >= 15 is 0 Å². The molecule has 4 nitrogen and oxygen atoms in total. The van der Waals surface area contributed by atoms with E-state index in [4.69, 9.17) is 4.74 Å². The Hall–Kier alpha value is -3.92. The van der Waals surface area contributed by atoms with Gasteiger partial charge in [0.1, 0.15) is 5.75 Å². The summed E-state index contributed by atoms with van der Waals surface area (Å²) in [5.74, 6) is -0.300. The number of benzene rings is 3. The van der Waals surface area contributed by atoms with Crippen molar-refractivity contribution in [3.05, 3.63) is 108 Å². The number of anilines is 1. The van der Waals surface area contributed by atoms with Gasteiger partial charge in [0.15, 0.2) is 0 Å². The van der Waals surface area contributed by atoms with Gasteiger partial charge in [-0.15, -0.1) is 0 Å². The molecule has 0 spiro atoms. The molecule has 4 heteroatoms. The summed E-state index contributed by atoms with van der Waals surface area (Å²) in [5.41, 5.74) is 2.48. The maximum absolute atomic E-state index is 12.0. The van der Waals surface area contributed by atoms with Gasteiger partial charge in [-0.2, -0.15) is 0 Å². The van der Waals surface area contributed by atoms with Crippen LogP contribution < -0.4 is 10.1 Å². The molecule has 0 aliphatic heterocycles. The molecule has 0 saturated heterocycles. The Bertz CT molecular complexity index is 893. The lowest BCUT2D eigenvalue weighted by Crippen LogP contribution is -2.08. The smallest absolute Gasteiger partial charge is 0.336 e.